The van der Waals surface area contributed by atoms with Crippen LogP contribution in [-0.2, 0) is 14.4 Å². The minimum atomic E-state index is -0.588. The molecule has 8 nitrogen and oxygen atoms in total. The Bertz CT molecular complexity index is 1320. The second kappa shape index (κ2) is 10.6. The molecule has 0 saturated carbocycles. The van der Waals surface area contributed by atoms with Gasteiger partial charge in [0.2, 0.25) is 0 Å². The zero-order valence-electron chi connectivity index (χ0n) is 18.7. The normalized spacial score (nSPS) is 14.5. The lowest BCUT2D eigenvalue weighted by molar-refractivity contribution is -0.122. The fourth-order valence-electron chi connectivity index (χ4n) is 3.41. The summed E-state index contributed by atoms with van der Waals surface area (Å²) in [6.07, 6.45) is 1.46. The average molecular weight is 488 g/mol. The molecule has 35 heavy (non-hydrogen) atoms. The molecule has 0 unspecified atom stereocenters. The predicted octanol–water partition coefficient (Wildman–Crippen LogP) is 3.54. The minimum Gasteiger partial charge on any atom is -0.495 e. The summed E-state index contributed by atoms with van der Waals surface area (Å²) in [6, 6.07) is 22.6. The molecular formula is C26H21N3O5S. The topological polar surface area (TPSA) is 97.0 Å². The van der Waals surface area contributed by atoms with Crippen LogP contribution in [0, 0.1) is 0 Å². The zero-order valence-corrected chi connectivity index (χ0v) is 19.5. The molecule has 1 saturated heterocycles. The van der Waals surface area contributed by atoms with Crippen LogP contribution in [0.2, 0.25) is 0 Å². The van der Waals surface area contributed by atoms with Gasteiger partial charge in [0.05, 0.1) is 18.5 Å². The first-order chi connectivity index (χ1) is 17.0. The molecule has 0 atom stereocenters. The first kappa shape index (κ1) is 23.7. The number of thiocarbonyl (C=S) groups is 1. The summed E-state index contributed by atoms with van der Waals surface area (Å²) in [4.78, 5) is 39.2. The molecule has 1 fully saturated rings. The number of hydrogen-bond acceptors (Lipinski definition) is 6. The van der Waals surface area contributed by atoms with Gasteiger partial charge < -0.3 is 14.8 Å². The van der Waals surface area contributed by atoms with Crippen LogP contribution in [-0.4, -0.2) is 36.6 Å². The van der Waals surface area contributed by atoms with Gasteiger partial charge in [-0.25, -0.2) is 0 Å². The molecule has 1 aliphatic rings. The number of rotatable bonds is 7. The van der Waals surface area contributed by atoms with Crippen LogP contribution >= 0.6 is 12.2 Å². The summed E-state index contributed by atoms with van der Waals surface area (Å²) in [6.45, 7) is -0.243. The Hall–Kier alpha value is -4.50. The lowest BCUT2D eigenvalue weighted by Gasteiger charge is -2.28. The van der Waals surface area contributed by atoms with E-state index >= 15 is 0 Å². The third kappa shape index (κ3) is 5.53. The summed E-state index contributed by atoms with van der Waals surface area (Å²) in [5, 5.41) is 5.30. The second-order valence-corrected chi connectivity index (χ2v) is 7.79. The third-order valence-electron chi connectivity index (χ3n) is 5.04. The summed E-state index contributed by atoms with van der Waals surface area (Å²) < 4.78 is 10.8. The number of nitrogens with zero attached hydrogens (tertiary/aromatic N) is 1. The van der Waals surface area contributed by atoms with Crippen molar-refractivity contribution in [2.75, 3.05) is 23.9 Å². The SMILES string of the molecule is COc1ccccc1NC(=O)COc1cccc(C=C2C(=O)NC(=S)N(c3ccccc3)C2=O)c1. The van der Waals surface area contributed by atoms with Gasteiger partial charge in [-0.05, 0) is 60.3 Å². The smallest absolute Gasteiger partial charge is 0.270 e. The maximum atomic E-state index is 13.1. The van der Waals surface area contributed by atoms with E-state index in [1.165, 1.54) is 18.1 Å². The number of benzene rings is 3. The molecule has 4 rings (SSSR count). The number of carbonyl (C=O) groups is 3. The highest BCUT2D eigenvalue weighted by atomic mass is 32.1. The predicted molar refractivity (Wildman–Crippen MR) is 136 cm³/mol. The standard InChI is InChI=1S/C26H21N3O5S/c1-33-22-13-6-5-12-21(22)27-23(30)16-34-19-11-7-8-17(14-19)15-20-24(31)28-26(35)29(25(20)32)18-9-3-2-4-10-18/h2-15H,16H2,1H3,(H,27,30)(H,28,31,35). The lowest BCUT2D eigenvalue weighted by Crippen LogP contribution is -2.54. The van der Waals surface area contributed by atoms with Gasteiger partial charge in [0.1, 0.15) is 17.1 Å². The number of carbonyl (C=O) groups excluding carboxylic acids is 3. The van der Waals surface area contributed by atoms with Crippen molar-refractivity contribution in [1.29, 1.82) is 0 Å². The Balaban J connectivity index is 1.47. The van der Waals surface area contributed by atoms with Crippen molar-refractivity contribution in [2.24, 2.45) is 0 Å². The van der Waals surface area contributed by atoms with E-state index in [2.05, 4.69) is 10.6 Å². The Morgan fingerprint density at radius 1 is 1.03 bits per heavy atom. The molecule has 1 heterocycles. The largest absolute Gasteiger partial charge is 0.495 e. The molecule has 0 radical (unpaired) electrons. The molecule has 2 N–H and O–H groups in total. The van der Waals surface area contributed by atoms with Crippen molar-refractivity contribution in [3.8, 4) is 11.5 Å². The quantitative estimate of drug-likeness (QED) is 0.301. The summed E-state index contributed by atoms with van der Waals surface area (Å²) in [5.74, 6) is -0.559. The van der Waals surface area contributed by atoms with E-state index in [0.29, 0.717) is 28.4 Å². The van der Waals surface area contributed by atoms with Gasteiger partial charge in [0, 0.05) is 0 Å². The molecule has 0 bridgehead atoms. The first-order valence-electron chi connectivity index (χ1n) is 10.6. The molecule has 3 aromatic carbocycles. The highest BCUT2D eigenvalue weighted by Crippen LogP contribution is 2.24. The second-order valence-electron chi connectivity index (χ2n) is 7.40. The number of ether oxygens (including phenoxy) is 2. The van der Waals surface area contributed by atoms with Crippen LogP contribution in [0.5, 0.6) is 11.5 Å². The summed E-state index contributed by atoms with van der Waals surface area (Å²) >= 11 is 5.20. The first-order valence-corrected chi connectivity index (χ1v) is 11.0. The Morgan fingerprint density at radius 3 is 2.54 bits per heavy atom. The van der Waals surface area contributed by atoms with E-state index in [1.807, 2.05) is 6.07 Å². The van der Waals surface area contributed by atoms with Gasteiger partial charge in [0.25, 0.3) is 17.7 Å². The van der Waals surface area contributed by atoms with Gasteiger partial charge >= 0.3 is 0 Å². The molecule has 3 amide bonds. The van der Waals surface area contributed by atoms with E-state index in [9.17, 15) is 14.4 Å². The molecule has 3 aromatic rings. The van der Waals surface area contributed by atoms with Crippen molar-refractivity contribution in [1.82, 2.24) is 5.32 Å². The van der Waals surface area contributed by atoms with E-state index in [1.54, 1.807) is 72.8 Å². The molecule has 0 aliphatic carbocycles. The summed E-state index contributed by atoms with van der Waals surface area (Å²) in [7, 11) is 1.52. The Kier molecular flexibility index (Phi) is 7.18. The van der Waals surface area contributed by atoms with Gasteiger partial charge in [-0.1, -0.05) is 42.5 Å². The van der Waals surface area contributed by atoms with E-state index in [4.69, 9.17) is 21.7 Å². The zero-order chi connectivity index (χ0) is 24.8. The Morgan fingerprint density at radius 2 is 1.77 bits per heavy atom. The number of amides is 3. The molecule has 176 valence electrons. The van der Waals surface area contributed by atoms with Gasteiger partial charge in [0.15, 0.2) is 11.7 Å². The number of anilines is 2. The lowest BCUT2D eigenvalue weighted by atomic mass is 10.1. The van der Waals surface area contributed by atoms with Crippen LogP contribution in [0.15, 0.2) is 84.4 Å². The number of methoxy groups -OCH3 is 1. The van der Waals surface area contributed by atoms with Crippen molar-refractivity contribution < 1.29 is 23.9 Å². The fraction of sp³-hybridized carbons (Fsp3) is 0.0769. The van der Waals surface area contributed by atoms with E-state index in [-0.39, 0.29) is 23.2 Å². The highest BCUT2D eigenvalue weighted by Gasteiger charge is 2.34. The maximum Gasteiger partial charge on any atom is 0.270 e. The number of nitrogens with one attached hydrogen (secondary N) is 2. The van der Waals surface area contributed by atoms with Gasteiger partial charge in [-0.2, -0.15) is 0 Å². The van der Waals surface area contributed by atoms with E-state index < -0.39 is 11.8 Å². The van der Waals surface area contributed by atoms with Crippen LogP contribution in [0.1, 0.15) is 5.56 Å². The molecule has 9 heteroatoms. The molecular weight excluding hydrogens is 466 g/mol. The van der Waals surface area contributed by atoms with Crippen molar-refractivity contribution in [3.05, 3.63) is 90.0 Å². The number of para-hydroxylation sites is 3. The van der Waals surface area contributed by atoms with Crippen molar-refractivity contribution in [2.45, 2.75) is 0 Å². The van der Waals surface area contributed by atoms with Crippen LogP contribution in [0.4, 0.5) is 11.4 Å². The molecule has 0 spiro atoms. The fourth-order valence-corrected chi connectivity index (χ4v) is 3.69. The van der Waals surface area contributed by atoms with E-state index in [0.717, 1.165) is 0 Å². The highest BCUT2D eigenvalue weighted by molar-refractivity contribution is 7.80. The monoisotopic (exact) mass is 487 g/mol. The average Bonchev–Trinajstić information content (AvgIpc) is 2.86. The molecule has 0 aromatic heterocycles. The van der Waals surface area contributed by atoms with Crippen LogP contribution in [0.3, 0.4) is 0 Å². The van der Waals surface area contributed by atoms with Crippen molar-refractivity contribution in [3.63, 3.8) is 0 Å². The summed E-state index contributed by atoms with van der Waals surface area (Å²) in [5.41, 5.74) is 1.55. The Labute approximate surface area is 207 Å². The van der Waals surface area contributed by atoms with Crippen LogP contribution < -0.4 is 25.0 Å². The van der Waals surface area contributed by atoms with Crippen LogP contribution in [0.25, 0.3) is 6.08 Å². The number of hydrogen-bond donors (Lipinski definition) is 2. The third-order valence-corrected chi connectivity index (χ3v) is 5.32. The van der Waals surface area contributed by atoms with Gasteiger partial charge in [-0.15, -0.1) is 0 Å². The van der Waals surface area contributed by atoms with Crippen molar-refractivity contribution >= 4 is 52.5 Å². The van der Waals surface area contributed by atoms with Gasteiger partial charge in [-0.3, -0.25) is 24.6 Å². The minimum absolute atomic E-state index is 0.0153. The maximum absolute atomic E-state index is 13.1. The molecule has 1 aliphatic heterocycles.